The Balaban J connectivity index is 1.69. The lowest BCUT2D eigenvalue weighted by atomic mass is 9.90. The molecule has 2 unspecified atom stereocenters. The largest absolute Gasteiger partial charge is 0.347 e. The summed E-state index contributed by atoms with van der Waals surface area (Å²) in [5, 5.41) is 6.19. The Kier molecular flexibility index (Phi) is 5.93. The van der Waals surface area contributed by atoms with Crippen LogP contribution >= 0.6 is 11.3 Å². The van der Waals surface area contributed by atoms with Crippen molar-refractivity contribution in [2.24, 2.45) is 5.92 Å². The van der Waals surface area contributed by atoms with Gasteiger partial charge in [0.1, 0.15) is 5.01 Å². The summed E-state index contributed by atoms with van der Waals surface area (Å²) in [7, 11) is 0. The molecule has 128 valence electrons. The summed E-state index contributed by atoms with van der Waals surface area (Å²) in [5.74, 6) is 0.497. The molecule has 3 heterocycles. The zero-order valence-corrected chi connectivity index (χ0v) is 14.8. The number of hydrogen-bond acceptors (Lipinski definition) is 5. The Morgan fingerprint density at radius 3 is 3.12 bits per heavy atom. The number of rotatable bonds is 6. The maximum atomic E-state index is 12.0. The molecule has 1 saturated heterocycles. The maximum absolute atomic E-state index is 12.0. The smallest absolute Gasteiger partial charge is 0.220 e. The lowest BCUT2D eigenvalue weighted by Gasteiger charge is -2.36. The summed E-state index contributed by atoms with van der Waals surface area (Å²) in [5.41, 5.74) is 1.24. The third kappa shape index (κ3) is 4.39. The number of carbonyl (C=O) groups excluding carboxylic acids is 1. The van der Waals surface area contributed by atoms with E-state index in [4.69, 9.17) is 0 Å². The highest BCUT2D eigenvalue weighted by Gasteiger charge is 2.30. The fourth-order valence-corrected chi connectivity index (χ4v) is 4.08. The molecule has 2 atom stereocenters. The molecule has 2 aromatic heterocycles. The second kappa shape index (κ2) is 8.35. The van der Waals surface area contributed by atoms with E-state index in [1.54, 1.807) is 17.5 Å². The van der Waals surface area contributed by atoms with Crippen molar-refractivity contribution in [2.45, 2.75) is 38.8 Å². The number of thiazole rings is 1. The van der Waals surface area contributed by atoms with Crippen LogP contribution in [0.1, 0.15) is 42.8 Å². The molecule has 6 heteroatoms. The van der Waals surface area contributed by atoms with Gasteiger partial charge in [-0.3, -0.25) is 14.7 Å². The highest BCUT2D eigenvalue weighted by molar-refractivity contribution is 7.09. The summed E-state index contributed by atoms with van der Waals surface area (Å²) in [6.07, 6.45) is 8.34. The third-order valence-electron chi connectivity index (χ3n) is 4.50. The van der Waals surface area contributed by atoms with Crippen molar-refractivity contribution >= 4 is 17.2 Å². The molecule has 1 aliphatic heterocycles. The van der Waals surface area contributed by atoms with Crippen LogP contribution in [0.2, 0.25) is 0 Å². The predicted octanol–water partition coefficient (Wildman–Crippen LogP) is 3.02. The molecule has 0 bridgehead atoms. The quantitative estimate of drug-likeness (QED) is 0.875. The van der Waals surface area contributed by atoms with Crippen LogP contribution in [0, 0.1) is 5.92 Å². The number of pyridine rings is 1. The van der Waals surface area contributed by atoms with E-state index in [2.05, 4.69) is 26.3 Å². The zero-order chi connectivity index (χ0) is 16.8. The van der Waals surface area contributed by atoms with E-state index in [0.29, 0.717) is 12.3 Å². The Hall–Kier alpha value is -1.79. The number of aromatic nitrogens is 2. The van der Waals surface area contributed by atoms with Crippen LogP contribution in [0.4, 0.5) is 0 Å². The molecule has 0 aliphatic carbocycles. The summed E-state index contributed by atoms with van der Waals surface area (Å²) in [6.45, 7) is 4.88. The summed E-state index contributed by atoms with van der Waals surface area (Å²) in [6, 6.07) is 4.12. The van der Waals surface area contributed by atoms with Gasteiger partial charge in [-0.1, -0.05) is 13.0 Å². The molecule has 0 saturated carbocycles. The van der Waals surface area contributed by atoms with Crippen LogP contribution in [-0.4, -0.2) is 33.9 Å². The van der Waals surface area contributed by atoms with Gasteiger partial charge < -0.3 is 5.32 Å². The minimum Gasteiger partial charge on any atom is -0.347 e. The van der Waals surface area contributed by atoms with Crippen LogP contribution < -0.4 is 5.32 Å². The zero-order valence-electron chi connectivity index (χ0n) is 14.0. The molecular weight excluding hydrogens is 320 g/mol. The molecule has 0 aromatic carbocycles. The highest BCUT2D eigenvalue weighted by atomic mass is 32.1. The number of likely N-dealkylation sites (tertiary alicyclic amines) is 1. The normalized spacial score (nSPS) is 19.8. The van der Waals surface area contributed by atoms with Crippen LogP contribution in [0.5, 0.6) is 0 Å². The van der Waals surface area contributed by atoms with Crippen molar-refractivity contribution in [1.29, 1.82) is 0 Å². The molecule has 1 N–H and O–H groups in total. The van der Waals surface area contributed by atoms with Crippen molar-refractivity contribution in [3.63, 3.8) is 0 Å². The lowest BCUT2D eigenvalue weighted by molar-refractivity contribution is -0.122. The molecule has 2 aromatic rings. The van der Waals surface area contributed by atoms with Gasteiger partial charge in [-0.15, -0.1) is 11.3 Å². The monoisotopic (exact) mass is 344 g/mol. The van der Waals surface area contributed by atoms with Gasteiger partial charge in [0.15, 0.2) is 0 Å². The van der Waals surface area contributed by atoms with Crippen molar-refractivity contribution in [1.82, 2.24) is 20.2 Å². The van der Waals surface area contributed by atoms with Crippen molar-refractivity contribution in [3.05, 3.63) is 46.7 Å². The number of amides is 1. The predicted molar refractivity (Wildman–Crippen MR) is 95.5 cm³/mol. The van der Waals surface area contributed by atoms with E-state index >= 15 is 0 Å². The average molecular weight is 344 g/mol. The molecule has 1 amide bonds. The topological polar surface area (TPSA) is 58.1 Å². The molecule has 24 heavy (non-hydrogen) atoms. The first kappa shape index (κ1) is 17.0. The van der Waals surface area contributed by atoms with Crippen molar-refractivity contribution in [2.75, 3.05) is 13.1 Å². The van der Waals surface area contributed by atoms with Gasteiger partial charge in [0.25, 0.3) is 0 Å². The van der Waals surface area contributed by atoms with Gasteiger partial charge in [0.05, 0.1) is 6.04 Å². The van der Waals surface area contributed by atoms with Gasteiger partial charge in [0.2, 0.25) is 5.91 Å². The Morgan fingerprint density at radius 2 is 2.42 bits per heavy atom. The first-order valence-corrected chi connectivity index (χ1v) is 9.44. The van der Waals surface area contributed by atoms with Crippen LogP contribution in [-0.2, 0) is 11.3 Å². The van der Waals surface area contributed by atoms with Gasteiger partial charge in [0, 0.05) is 43.5 Å². The Labute approximate surface area is 147 Å². The maximum Gasteiger partial charge on any atom is 0.220 e. The average Bonchev–Trinajstić information content (AvgIpc) is 3.15. The first-order chi connectivity index (χ1) is 11.8. The van der Waals surface area contributed by atoms with E-state index in [9.17, 15) is 4.79 Å². The number of carbonyl (C=O) groups is 1. The minimum atomic E-state index is 0.0224. The summed E-state index contributed by atoms with van der Waals surface area (Å²) in [4.78, 5) is 23.1. The molecule has 0 radical (unpaired) electrons. The minimum absolute atomic E-state index is 0.0224. The molecule has 1 fully saturated rings. The third-order valence-corrected chi connectivity index (χ3v) is 5.36. The number of piperidine rings is 1. The van der Waals surface area contributed by atoms with Crippen molar-refractivity contribution < 1.29 is 4.79 Å². The van der Waals surface area contributed by atoms with E-state index < -0.39 is 0 Å². The Bertz CT molecular complexity index is 632. The van der Waals surface area contributed by atoms with Gasteiger partial charge in [-0.25, -0.2) is 4.98 Å². The standard InChI is InChI=1S/C18H24N4OS/c1-2-16(23)21-17(18-20-8-10-24-18)15-6-4-9-22(13-15)12-14-5-3-7-19-11-14/h3,5,7-8,10-11,15,17H,2,4,6,9,12-13H2,1H3,(H,21,23). The molecular formula is C18H24N4OS. The van der Waals surface area contributed by atoms with Gasteiger partial charge in [-0.2, -0.15) is 0 Å². The van der Waals surface area contributed by atoms with E-state index in [-0.39, 0.29) is 11.9 Å². The molecule has 5 nitrogen and oxygen atoms in total. The highest BCUT2D eigenvalue weighted by Crippen LogP contribution is 2.31. The second-order valence-electron chi connectivity index (χ2n) is 6.27. The summed E-state index contributed by atoms with van der Waals surface area (Å²) < 4.78 is 0. The van der Waals surface area contributed by atoms with Crippen LogP contribution in [0.25, 0.3) is 0 Å². The lowest BCUT2D eigenvalue weighted by Crippen LogP contribution is -2.42. The number of nitrogens with one attached hydrogen (secondary N) is 1. The number of hydrogen-bond donors (Lipinski definition) is 1. The van der Waals surface area contributed by atoms with Crippen LogP contribution in [0.3, 0.4) is 0 Å². The van der Waals surface area contributed by atoms with Crippen LogP contribution in [0.15, 0.2) is 36.1 Å². The van der Waals surface area contributed by atoms with E-state index in [1.807, 2.05) is 30.8 Å². The first-order valence-electron chi connectivity index (χ1n) is 8.56. The van der Waals surface area contributed by atoms with E-state index in [1.165, 1.54) is 5.56 Å². The fraction of sp³-hybridized carbons (Fsp3) is 0.500. The SMILES string of the molecule is CCC(=O)NC(c1nccs1)C1CCCN(Cc2cccnc2)C1. The second-order valence-corrected chi connectivity index (χ2v) is 7.19. The fourth-order valence-electron chi connectivity index (χ4n) is 3.30. The van der Waals surface area contributed by atoms with Gasteiger partial charge in [-0.05, 0) is 36.9 Å². The van der Waals surface area contributed by atoms with Gasteiger partial charge >= 0.3 is 0 Å². The van der Waals surface area contributed by atoms with E-state index in [0.717, 1.165) is 37.5 Å². The summed E-state index contributed by atoms with van der Waals surface area (Å²) >= 11 is 1.63. The number of nitrogens with zero attached hydrogens (tertiary/aromatic N) is 3. The van der Waals surface area contributed by atoms with Crippen molar-refractivity contribution in [3.8, 4) is 0 Å². The molecule has 1 aliphatic rings. The molecule has 3 rings (SSSR count). The molecule has 0 spiro atoms. The Morgan fingerprint density at radius 1 is 1.50 bits per heavy atom.